The molecule has 8 aromatic rings. The highest BCUT2D eigenvalue weighted by Crippen LogP contribution is 2.51. The fourth-order valence-electron chi connectivity index (χ4n) is 7.48. The molecular formula is C50H49ClN2S2. The van der Waals surface area contributed by atoms with E-state index in [9.17, 15) is 0 Å². The molecule has 0 aliphatic carbocycles. The summed E-state index contributed by atoms with van der Waals surface area (Å²) in [6.07, 6.45) is 0. The molecule has 2 heterocycles. The summed E-state index contributed by atoms with van der Waals surface area (Å²) in [5.41, 5.74) is 10.2. The summed E-state index contributed by atoms with van der Waals surface area (Å²) in [5, 5.41) is 6.86. The molecule has 0 fully saturated rings. The lowest BCUT2D eigenvalue weighted by molar-refractivity contribution is 0.590. The Morgan fingerprint density at radius 2 is 0.909 bits per heavy atom. The Morgan fingerprint density at radius 3 is 1.42 bits per heavy atom. The van der Waals surface area contributed by atoms with Crippen molar-refractivity contribution in [3.8, 4) is 0 Å². The van der Waals surface area contributed by atoms with Crippen molar-refractivity contribution in [2.45, 2.75) is 78.6 Å². The molecule has 0 unspecified atom stereocenters. The number of thiophene rings is 2. The van der Waals surface area contributed by atoms with Crippen LogP contribution in [0.15, 0.2) is 133 Å². The van der Waals surface area contributed by atoms with Crippen LogP contribution in [0.4, 0.5) is 34.1 Å². The van der Waals surface area contributed by atoms with Crippen molar-refractivity contribution in [2.75, 3.05) is 9.80 Å². The van der Waals surface area contributed by atoms with Gasteiger partial charge in [0.05, 0.1) is 22.1 Å². The van der Waals surface area contributed by atoms with Gasteiger partial charge in [0.15, 0.2) is 0 Å². The first-order valence-electron chi connectivity index (χ1n) is 19.1. The van der Waals surface area contributed by atoms with E-state index in [-0.39, 0.29) is 16.2 Å². The lowest BCUT2D eigenvalue weighted by atomic mass is 9.86. The topological polar surface area (TPSA) is 6.48 Å². The van der Waals surface area contributed by atoms with Crippen molar-refractivity contribution in [1.82, 2.24) is 0 Å². The summed E-state index contributed by atoms with van der Waals surface area (Å²) in [7, 11) is 0. The standard InChI is InChI=1S/C50H49ClN2S2/c1-48(2,3)32-17-23-35(24-18-32)52(36-25-19-33(20-26-36)49(4,5)6)40-14-12-15-41(46(40)51)53(37-27-21-34(22-28-37)50(7,8)9)42-31-54-47-38(42)29-30-44-45(47)39-13-10-11-16-43(39)55-44/h10-31H,1-9H3. The van der Waals surface area contributed by atoms with Crippen LogP contribution in [0.2, 0.25) is 5.02 Å². The molecule has 0 radical (unpaired) electrons. The van der Waals surface area contributed by atoms with Crippen LogP contribution in [0.25, 0.3) is 30.3 Å². The molecule has 0 spiro atoms. The van der Waals surface area contributed by atoms with Crippen molar-refractivity contribution in [3.63, 3.8) is 0 Å². The van der Waals surface area contributed by atoms with Crippen LogP contribution >= 0.6 is 34.3 Å². The fraction of sp³-hybridized carbons (Fsp3) is 0.240. The minimum atomic E-state index is 0.0349. The van der Waals surface area contributed by atoms with Gasteiger partial charge in [-0.05, 0) is 99.7 Å². The zero-order valence-corrected chi connectivity index (χ0v) is 35.7. The first-order chi connectivity index (χ1) is 26.1. The largest absolute Gasteiger partial charge is 0.309 e. The highest BCUT2D eigenvalue weighted by molar-refractivity contribution is 7.27. The molecule has 2 nitrogen and oxygen atoms in total. The van der Waals surface area contributed by atoms with Gasteiger partial charge in [-0.2, -0.15) is 0 Å². The molecule has 0 saturated heterocycles. The highest BCUT2D eigenvalue weighted by atomic mass is 35.5. The van der Waals surface area contributed by atoms with Gasteiger partial charge >= 0.3 is 0 Å². The Kier molecular flexibility index (Phi) is 9.40. The Balaban J connectivity index is 1.34. The van der Waals surface area contributed by atoms with E-state index < -0.39 is 0 Å². The molecule has 0 aliphatic heterocycles. The normalized spacial score (nSPS) is 12.5. The lowest BCUT2D eigenvalue weighted by Gasteiger charge is -2.32. The molecule has 55 heavy (non-hydrogen) atoms. The van der Waals surface area contributed by atoms with Gasteiger partial charge in [-0.1, -0.05) is 135 Å². The minimum Gasteiger partial charge on any atom is -0.309 e. The number of hydrogen-bond donors (Lipinski definition) is 0. The number of halogens is 1. The van der Waals surface area contributed by atoms with Gasteiger partial charge in [0.2, 0.25) is 0 Å². The third-order valence-electron chi connectivity index (χ3n) is 10.7. The van der Waals surface area contributed by atoms with Gasteiger partial charge in [-0.25, -0.2) is 0 Å². The van der Waals surface area contributed by atoms with E-state index in [4.69, 9.17) is 11.6 Å². The highest BCUT2D eigenvalue weighted by Gasteiger charge is 2.26. The molecule has 5 heteroatoms. The van der Waals surface area contributed by atoms with E-state index in [1.165, 1.54) is 46.9 Å². The summed E-state index contributed by atoms with van der Waals surface area (Å²) in [6, 6.07) is 46.8. The summed E-state index contributed by atoms with van der Waals surface area (Å²) in [6.45, 7) is 20.3. The van der Waals surface area contributed by atoms with Crippen molar-refractivity contribution in [2.24, 2.45) is 0 Å². The molecule has 0 bridgehead atoms. The molecule has 0 saturated carbocycles. The number of benzene rings is 6. The molecule has 0 N–H and O–H groups in total. The molecule has 0 amide bonds. The van der Waals surface area contributed by atoms with Crippen LogP contribution in [0.5, 0.6) is 0 Å². The fourth-order valence-corrected chi connectivity index (χ4v) is 10.1. The van der Waals surface area contributed by atoms with E-state index in [0.717, 1.165) is 34.1 Å². The Bertz CT molecular complexity index is 2590. The van der Waals surface area contributed by atoms with E-state index in [1.807, 2.05) is 22.7 Å². The van der Waals surface area contributed by atoms with Crippen LogP contribution in [-0.4, -0.2) is 0 Å². The third kappa shape index (κ3) is 6.94. The zero-order chi connectivity index (χ0) is 38.9. The number of rotatable bonds is 6. The van der Waals surface area contributed by atoms with Crippen LogP contribution < -0.4 is 9.80 Å². The lowest BCUT2D eigenvalue weighted by Crippen LogP contribution is -2.16. The van der Waals surface area contributed by atoms with E-state index in [2.05, 4.69) is 205 Å². The third-order valence-corrected chi connectivity index (χ3v) is 13.2. The molecule has 2 aromatic heterocycles. The van der Waals surface area contributed by atoms with Gasteiger partial charge < -0.3 is 9.80 Å². The second-order valence-electron chi connectivity index (χ2n) is 17.7. The predicted molar refractivity (Wildman–Crippen MR) is 245 cm³/mol. The number of anilines is 6. The van der Waals surface area contributed by atoms with Crippen molar-refractivity contribution >= 4 is 98.7 Å². The molecule has 8 rings (SSSR count). The average Bonchev–Trinajstić information content (AvgIpc) is 3.74. The summed E-state index contributed by atoms with van der Waals surface area (Å²) in [4.78, 5) is 4.67. The zero-order valence-electron chi connectivity index (χ0n) is 33.3. The molecular weight excluding hydrogens is 728 g/mol. The van der Waals surface area contributed by atoms with Crippen LogP contribution in [0, 0.1) is 0 Å². The Labute approximate surface area is 339 Å². The van der Waals surface area contributed by atoms with E-state index in [1.54, 1.807) is 0 Å². The minimum absolute atomic E-state index is 0.0349. The number of nitrogens with zero attached hydrogens (tertiary/aromatic N) is 2. The predicted octanol–water partition coefficient (Wildman–Crippen LogP) is 16.8. The van der Waals surface area contributed by atoms with Crippen LogP contribution in [0.3, 0.4) is 0 Å². The van der Waals surface area contributed by atoms with Crippen LogP contribution in [0.1, 0.15) is 79.0 Å². The van der Waals surface area contributed by atoms with Gasteiger partial charge in [-0.3, -0.25) is 0 Å². The maximum absolute atomic E-state index is 7.81. The molecule has 0 atom stereocenters. The summed E-state index contributed by atoms with van der Waals surface area (Å²) >= 11 is 11.5. The second kappa shape index (κ2) is 13.8. The van der Waals surface area contributed by atoms with Crippen molar-refractivity contribution in [1.29, 1.82) is 0 Å². The smallest absolute Gasteiger partial charge is 0.0887 e. The van der Waals surface area contributed by atoms with Crippen LogP contribution in [-0.2, 0) is 16.2 Å². The first-order valence-corrected chi connectivity index (χ1v) is 21.2. The molecule has 278 valence electrons. The second-order valence-corrected chi connectivity index (χ2v) is 20.0. The van der Waals surface area contributed by atoms with E-state index in [0.29, 0.717) is 5.02 Å². The summed E-state index contributed by atoms with van der Waals surface area (Å²) < 4.78 is 3.93. The maximum atomic E-state index is 7.81. The van der Waals surface area contributed by atoms with Crippen molar-refractivity contribution < 1.29 is 0 Å². The number of fused-ring (bicyclic) bond motifs is 5. The molecule has 0 aliphatic rings. The molecule has 6 aromatic carbocycles. The van der Waals surface area contributed by atoms with Gasteiger partial charge in [0.1, 0.15) is 0 Å². The Morgan fingerprint density at radius 1 is 0.436 bits per heavy atom. The van der Waals surface area contributed by atoms with Gasteiger partial charge in [0.25, 0.3) is 0 Å². The Hall–Kier alpha value is -4.61. The SMILES string of the molecule is CC(C)(C)c1ccc(N(c2ccc(C(C)(C)C)cc2)c2cccc(N(c3ccc(C(C)(C)C)cc3)c3csc4c3ccc3sc5ccccc5c34)c2Cl)cc1. The van der Waals surface area contributed by atoms with E-state index >= 15 is 0 Å². The van der Waals surface area contributed by atoms with Gasteiger partial charge in [-0.15, -0.1) is 22.7 Å². The quantitative estimate of drug-likeness (QED) is 0.166. The number of hydrogen-bond acceptors (Lipinski definition) is 4. The van der Waals surface area contributed by atoms with Gasteiger partial charge in [0, 0.05) is 52.7 Å². The van der Waals surface area contributed by atoms with Crippen molar-refractivity contribution in [3.05, 3.63) is 154 Å². The monoisotopic (exact) mass is 776 g/mol. The first kappa shape index (κ1) is 37.3. The maximum Gasteiger partial charge on any atom is 0.0887 e. The summed E-state index contributed by atoms with van der Waals surface area (Å²) in [5.74, 6) is 0. The average molecular weight is 778 g/mol.